The Kier molecular flexibility index (Phi) is 22.2. The molecule has 2 aliphatic rings. The van der Waals surface area contributed by atoms with Crippen molar-refractivity contribution in [3.05, 3.63) is 54.1 Å². The zero-order valence-electron chi connectivity index (χ0n) is 41.3. The van der Waals surface area contributed by atoms with Crippen LogP contribution in [0.3, 0.4) is 0 Å². The van der Waals surface area contributed by atoms with Gasteiger partial charge in [0.05, 0.1) is 24.3 Å². The van der Waals surface area contributed by atoms with Gasteiger partial charge in [-0.05, 0) is 81.9 Å². The molecule has 2 saturated heterocycles. The molecule has 12 N–H and O–H groups in total. The molecule has 9 atom stereocenters. The van der Waals surface area contributed by atoms with E-state index < -0.39 is 124 Å². The number of nitrogens with zero attached hydrogens (tertiary/aromatic N) is 2. The third-order valence-corrected chi connectivity index (χ3v) is 14.4. The number of nitrogens with two attached hydrogens (primary N) is 1. The molecule has 392 valence electrons. The summed E-state index contributed by atoms with van der Waals surface area (Å²) in [5.41, 5.74) is 6.49. The van der Waals surface area contributed by atoms with E-state index in [9.17, 15) is 53.4 Å². The fourth-order valence-electron chi connectivity index (χ4n) is 8.28. The van der Waals surface area contributed by atoms with Gasteiger partial charge in [-0.25, -0.2) is 9.78 Å². The van der Waals surface area contributed by atoms with Crippen molar-refractivity contribution in [1.82, 2.24) is 52.1 Å². The summed E-state index contributed by atoms with van der Waals surface area (Å²) in [5.74, 6) is -7.71. The van der Waals surface area contributed by atoms with Crippen LogP contribution in [0.25, 0.3) is 0 Å². The highest BCUT2D eigenvalue weighted by Crippen LogP contribution is 2.40. The van der Waals surface area contributed by atoms with E-state index in [1.54, 1.807) is 71.9 Å². The average molecular weight is 1030 g/mol. The number of aliphatic carboxylic acids is 1. The number of primary amides is 1. The predicted octanol–water partition coefficient (Wildman–Crippen LogP) is -0.688. The number of nitrogens with one attached hydrogen (secondary N) is 8. The minimum Gasteiger partial charge on any atom is -0.480 e. The first-order chi connectivity index (χ1) is 33.5. The summed E-state index contributed by atoms with van der Waals surface area (Å²) in [7, 11) is 0. The van der Waals surface area contributed by atoms with Crippen LogP contribution in [0.1, 0.15) is 84.9 Å². The van der Waals surface area contributed by atoms with Gasteiger partial charge in [-0.2, -0.15) is 11.8 Å². The Morgan fingerprint density at radius 2 is 1.45 bits per heavy atom. The molecule has 1 aromatic heterocycles. The standard InChI is InChI=1S/C47H71N11O11S2/c1-25(2)35(56-41(63)30(15-16-34(48)59)52-39(61)29-14-11-18-50-29)43(65)54-32(20-27-12-9-8-10-13-27)37(60)45(67)58-24-71-47(5,6)38(58)44(66)57-36(26(3)4)42(64)53-31(17-19-70-7)40(62)55-33(46(68)69)21-28-22-49-23-51-28/h8-10,12-13,22-23,25-26,29-33,35-38,50,60H,11,14-21,24H2,1-7H3,(H2,48,59)(H,49,51)(H,52,61)(H,53,64)(H,54,65)(H,55,62)(H,56,63)(H,57,66)(H,68,69)/t29-,30-,31-,32-,33-,35-,36-,37?,38+/m0/s1. The van der Waals surface area contributed by atoms with Crippen LogP contribution in [0.5, 0.6) is 0 Å². The molecule has 0 saturated carbocycles. The Morgan fingerprint density at radius 1 is 0.831 bits per heavy atom. The fraction of sp³-hybridized carbons (Fsp3) is 0.617. The van der Waals surface area contributed by atoms with Gasteiger partial charge in [0.15, 0.2) is 6.10 Å². The third-order valence-electron chi connectivity index (χ3n) is 12.4. The van der Waals surface area contributed by atoms with Crippen LogP contribution >= 0.6 is 23.5 Å². The molecule has 0 spiro atoms. The second-order valence-corrected chi connectivity index (χ2v) is 21.6. The molecule has 24 heteroatoms. The van der Waals surface area contributed by atoms with Gasteiger partial charge in [0.1, 0.15) is 36.3 Å². The topological polar surface area (TPSA) is 336 Å². The van der Waals surface area contributed by atoms with E-state index in [2.05, 4.69) is 47.2 Å². The number of aliphatic hydroxyl groups is 1. The van der Waals surface area contributed by atoms with Crippen LogP contribution in [0.4, 0.5) is 0 Å². The Hall–Kier alpha value is -5.72. The average Bonchev–Trinajstić information content (AvgIpc) is 4.11. The first-order valence-electron chi connectivity index (χ1n) is 23.7. The molecule has 0 bridgehead atoms. The first-order valence-corrected chi connectivity index (χ1v) is 26.1. The Bertz CT molecular complexity index is 2160. The van der Waals surface area contributed by atoms with E-state index in [1.165, 1.54) is 40.9 Å². The van der Waals surface area contributed by atoms with Crippen LogP contribution in [-0.2, 0) is 56.0 Å². The summed E-state index contributed by atoms with van der Waals surface area (Å²) in [6.45, 7) is 10.8. The molecule has 3 heterocycles. The van der Waals surface area contributed by atoms with E-state index in [1.807, 2.05) is 6.26 Å². The predicted molar refractivity (Wildman–Crippen MR) is 267 cm³/mol. The van der Waals surface area contributed by atoms with Crippen LogP contribution in [0, 0.1) is 11.8 Å². The number of benzene rings is 1. The quantitative estimate of drug-likeness (QED) is 0.0528. The van der Waals surface area contributed by atoms with Gasteiger partial charge >= 0.3 is 5.97 Å². The molecule has 1 aromatic carbocycles. The van der Waals surface area contributed by atoms with Crippen molar-refractivity contribution >= 4 is 76.8 Å². The zero-order chi connectivity index (χ0) is 52.6. The van der Waals surface area contributed by atoms with Crippen LogP contribution in [0.15, 0.2) is 42.9 Å². The number of carboxylic acids is 1. The second kappa shape index (κ2) is 27.2. The summed E-state index contributed by atoms with van der Waals surface area (Å²) in [4.78, 5) is 129. The van der Waals surface area contributed by atoms with Crippen molar-refractivity contribution in [2.24, 2.45) is 17.6 Å². The van der Waals surface area contributed by atoms with Gasteiger partial charge in [-0.15, -0.1) is 11.8 Å². The SMILES string of the molecule is CSCC[C@H](NC(=O)[C@@H](NC(=O)[C@H]1N(C(=O)C(O)[C@H](Cc2ccccc2)NC(=O)[C@@H](NC(=O)[C@H](CCC(N)=O)NC(=O)[C@@H]2CCCN2)C(C)C)CSC1(C)C)C(C)C)C(=O)N[C@@H](Cc1cnc[nH]1)C(=O)O. The maximum Gasteiger partial charge on any atom is 0.326 e. The van der Waals surface area contributed by atoms with Crippen LogP contribution in [0.2, 0.25) is 0 Å². The number of rotatable bonds is 27. The van der Waals surface area contributed by atoms with Crippen molar-refractivity contribution in [1.29, 1.82) is 0 Å². The molecule has 22 nitrogen and oxygen atoms in total. The minimum atomic E-state index is -1.93. The van der Waals surface area contributed by atoms with E-state index in [0.717, 1.165) is 6.42 Å². The summed E-state index contributed by atoms with van der Waals surface area (Å²) < 4.78 is -0.960. The highest BCUT2D eigenvalue weighted by Gasteiger charge is 2.51. The highest BCUT2D eigenvalue weighted by molar-refractivity contribution is 8.00. The molecule has 0 aliphatic carbocycles. The Balaban J connectivity index is 1.54. The van der Waals surface area contributed by atoms with Gasteiger partial charge in [0.2, 0.25) is 41.4 Å². The summed E-state index contributed by atoms with van der Waals surface area (Å²) in [5, 5.41) is 41.1. The molecule has 0 radical (unpaired) electrons. The molecule has 2 fully saturated rings. The van der Waals surface area contributed by atoms with E-state index >= 15 is 0 Å². The van der Waals surface area contributed by atoms with E-state index in [0.29, 0.717) is 30.0 Å². The van der Waals surface area contributed by atoms with Gasteiger partial charge in [-0.1, -0.05) is 58.0 Å². The minimum absolute atomic E-state index is 0.0504. The zero-order valence-corrected chi connectivity index (χ0v) is 43.0. The maximum atomic E-state index is 14.6. The first kappa shape index (κ1) is 57.9. The number of carboxylic acid groups (broad SMARTS) is 1. The van der Waals surface area contributed by atoms with E-state index in [-0.39, 0.29) is 38.0 Å². The normalized spacial score (nSPS) is 19.3. The lowest BCUT2D eigenvalue weighted by molar-refractivity contribution is -0.148. The number of H-pyrrole nitrogens is 1. The number of imidazole rings is 1. The summed E-state index contributed by atoms with van der Waals surface area (Å²) in [6.07, 6.45) is 3.66. The molecular weight excluding hydrogens is 959 g/mol. The third kappa shape index (κ3) is 17.0. The smallest absolute Gasteiger partial charge is 0.326 e. The van der Waals surface area contributed by atoms with Gasteiger partial charge in [0.25, 0.3) is 5.91 Å². The van der Waals surface area contributed by atoms with Crippen LogP contribution in [-0.4, -0.2) is 162 Å². The number of amides is 8. The van der Waals surface area contributed by atoms with Crippen molar-refractivity contribution in [2.75, 3.05) is 24.4 Å². The molecular formula is C47H71N11O11S2. The number of aromatic amines is 1. The number of carbonyl (C=O) groups excluding carboxylic acids is 8. The molecule has 1 unspecified atom stereocenters. The number of aliphatic hydroxyl groups excluding tert-OH is 1. The van der Waals surface area contributed by atoms with Crippen molar-refractivity contribution in [3.8, 4) is 0 Å². The lowest BCUT2D eigenvalue weighted by Crippen LogP contribution is -2.63. The largest absolute Gasteiger partial charge is 0.480 e. The fourth-order valence-corrected chi connectivity index (χ4v) is 9.90. The monoisotopic (exact) mass is 1030 g/mol. The number of carbonyl (C=O) groups is 9. The van der Waals surface area contributed by atoms with Crippen molar-refractivity contribution in [3.63, 3.8) is 0 Å². The van der Waals surface area contributed by atoms with Gasteiger partial charge in [0, 0.05) is 29.5 Å². The number of hydrogen-bond acceptors (Lipinski definition) is 14. The number of aromatic nitrogens is 2. The van der Waals surface area contributed by atoms with Gasteiger partial charge in [-0.3, -0.25) is 38.4 Å². The van der Waals surface area contributed by atoms with E-state index in [4.69, 9.17) is 5.73 Å². The molecule has 4 rings (SSSR count). The maximum absolute atomic E-state index is 14.6. The molecule has 2 aromatic rings. The lowest BCUT2D eigenvalue weighted by Gasteiger charge is -2.35. The highest BCUT2D eigenvalue weighted by atomic mass is 32.2. The summed E-state index contributed by atoms with van der Waals surface area (Å²) in [6, 6.07) is -0.532. The lowest BCUT2D eigenvalue weighted by atomic mass is 9.95. The summed E-state index contributed by atoms with van der Waals surface area (Å²) >= 11 is 2.67. The van der Waals surface area contributed by atoms with Gasteiger partial charge < -0.3 is 63.0 Å². The number of hydrogen-bond donors (Lipinski definition) is 11. The molecule has 2 aliphatic heterocycles. The molecule has 71 heavy (non-hydrogen) atoms. The van der Waals surface area contributed by atoms with Crippen molar-refractivity contribution < 1.29 is 53.4 Å². The Labute approximate surface area is 422 Å². The Morgan fingerprint density at radius 3 is 2.03 bits per heavy atom. The second-order valence-electron chi connectivity index (χ2n) is 19.0. The van der Waals surface area contributed by atoms with Crippen LogP contribution < -0.4 is 43.0 Å². The molecule has 8 amide bonds. The number of thioether (sulfide) groups is 2. The van der Waals surface area contributed by atoms with Crippen molar-refractivity contribution in [2.45, 2.75) is 146 Å².